The summed E-state index contributed by atoms with van der Waals surface area (Å²) in [5.74, 6) is 2.27. The molecule has 0 aliphatic carbocycles. The summed E-state index contributed by atoms with van der Waals surface area (Å²) in [6, 6.07) is 3.76. The molecule has 0 saturated heterocycles. The predicted molar refractivity (Wildman–Crippen MR) is 118 cm³/mol. The molecule has 1 aromatic carbocycles. The highest BCUT2D eigenvalue weighted by atomic mass is 127. The van der Waals surface area contributed by atoms with Gasteiger partial charge in [-0.05, 0) is 24.1 Å². The highest BCUT2D eigenvalue weighted by Gasteiger charge is 2.12. The van der Waals surface area contributed by atoms with Crippen LogP contribution < -0.4 is 25.3 Å². The molecule has 1 aromatic rings. The third-order valence-electron chi connectivity index (χ3n) is 3.99. The molecule has 0 atom stereocenters. The Morgan fingerprint density at radius 2 is 1.54 bits per heavy atom. The highest BCUT2D eigenvalue weighted by Crippen LogP contribution is 2.38. The maximum Gasteiger partial charge on any atom is 0.203 e. The number of halogens is 1. The molecule has 0 aliphatic heterocycles. The Bertz CT molecular complexity index is 514. The van der Waals surface area contributed by atoms with Crippen molar-refractivity contribution in [2.45, 2.75) is 52.0 Å². The van der Waals surface area contributed by atoms with Crippen LogP contribution in [0.2, 0.25) is 0 Å². The number of nitrogens with two attached hydrogens (primary N) is 1. The summed E-state index contributed by atoms with van der Waals surface area (Å²) in [7, 11) is 4.78. The van der Waals surface area contributed by atoms with Gasteiger partial charge < -0.3 is 25.3 Å². The number of rotatable bonds is 12. The van der Waals surface area contributed by atoms with Gasteiger partial charge in [-0.25, -0.2) is 4.99 Å². The van der Waals surface area contributed by atoms with Crippen LogP contribution in [0.3, 0.4) is 0 Å². The zero-order valence-electron chi connectivity index (χ0n) is 16.5. The molecule has 0 saturated carbocycles. The van der Waals surface area contributed by atoms with Crippen LogP contribution in [0.4, 0.5) is 0 Å². The largest absolute Gasteiger partial charge is 0.493 e. The van der Waals surface area contributed by atoms with Crippen LogP contribution in [0.15, 0.2) is 17.1 Å². The van der Waals surface area contributed by atoms with Crippen LogP contribution in [0.5, 0.6) is 17.2 Å². The lowest BCUT2D eigenvalue weighted by molar-refractivity contribution is 0.324. The average molecular weight is 479 g/mol. The van der Waals surface area contributed by atoms with E-state index in [1.54, 1.807) is 21.3 Å². The van der Waals surface area contributed by atoms with Crippen molar-refractivity contribution in [3.63, 3.8) is 0 Å². The Kier molecular flexibility index (Phi) is 14.0. The molecule has 0 radical (unpaired) electrons. The molecule has 0 aliphatic rings. The van der Waals surface area contributed by atoms with E-state index in [1.807, 2.05) is 12.1 Å². The minimum atomic E-state index is 0. The van der Waals surface area contributed by atoms with Crippen LogP contribution in [0, 0.1) is 0 Å². The lowest BCUT2D eigenvalue weighted by atomic mass is 10.1. The fourth-order valence-electron chi connectivity index (χ4n) is 2.58. The number of nitrogens with zero attached hydrogens (tertiary/aromatic N) is 1. The molecule has 0 spiro atoms. The van der Waals surface area contributed by atoms with Gasteiger partial charge in [-0.3, -0.25) is 0 Å². The molecule has 26 heavy (non-hydrogen) atoms. The first-order chi connectivity index (χ1) is 12.2. The average Bonchev–Trinajstić information content (AvgIpc) is 2.64. The maximum atomic E-state index is 5.93. The Morgan fingerprint density at radius 1 is 0.962 bits per heavy atom. The molecule has 150 valence electrons. The van der Waals surface area contributed by atoms with Gasteiger partial charge in [0.25, 0.3) is 0 Å². The number of methoxy groups -OCH3 is 3. The van der Waals surface area contributed by atoms with Gasteiger partial charge in [0.05, 0.1) is 27.9 Å². The molecule has 0 unspecified atom stereocenters. The minimum absolute atomic E-state index is 0. The Hall–Kier alpha value is -1.38. The molecule has 7 heteroatoms. The van der Waals surface area contributed by atoms with Gasteiger partial charge >= 0.3 is 0 Å². The van der Waals surface area contributed by atoms with Crippen molar-refractivity contribution < 1.29 is 14.2 Å². The SMILES string of the molecule is CCCCCCCCNC(N)=NCc1cc(OC)c(OC)c(OC)c1.I. The summed E-state index contributed by atoms with van der Waals surface area (Å²) in [6.45, 7) is 3.54. The summed E-state index contributed by atoms with van der Waals surface area (Å²) in [5.41, 5.74) is 6.88. The van der Waals surface area contributed by atoms with E-state index in [1.165, 1.54) is 32.1 Å². The summed E-state index contributed by atoms with van der Waals surface area (Å²) < 4.78 is 16.0. The number of hydrogen-bond acceptors (Lipinski definition) is 4. The summed E-state index contributed by atoms with van der Waals surface area (Å²) >= 11 is 0. The van der Waals surface area contributed by atoms with E-state index in [0.717, 1.165) is 18.5 Å². The summed E-state index contributed by atoms with van der Waals surface area (Å²) in [4.78, 5) is 4.38. The second-order valence-corrected chi connectivity index (χ2v) is 5.93. The molecule has 0 fully saturated rings. The predicted octanol–water partition coefficient (Wildman–Crippen LogP) is 4.10. The standard InChI is InChI=1S/C19H33N3O3.HI/c1-5-6-7-8-9-10-11-21-19(20)22-14-15-12-16(23-2)18(25-4)17(13-15)24-3;/h12-13H,5-11,14H2,1-4H3,(H3,20,21,22);1H. The van der Waals surface area contributed by atoms with Crippen molar-refractivity contribution in [2.75, 3.05) is 27.9 Å². The van der Waals surface area contributed by atoms with Gasteiger partial charge in [-0.15, -0.1) is 24.0 Å². The van der Waals surface area contributed by atoms with Crippen molar-refractivity contribution in [3.8, 4) is 17.2 Å². The quantitative estimate of drug-likeness (QED) is 0.204. The van der Waals surface area contributed by atoms with Gasteiger partial charge in [-0.2, -0.15) is 0 Å². The van der Waals surface area contributed by atoms with Crippen molar-refractivity contribution >= 4 is 29.9 Å². The number of unbranched alkanes of at least 4 members (excludes halogenated alkanes) is 5. The van der Waals surface area contributed by atoms with E-state index in [4.69, 9.17) is 19.9 Å². The number of benzene rings is 1. The van der Waals surface area contributed by atoms with Crippen molar-refractivity contribution in [3.05, 3.63) is 17.7 Å². The summed E-state index contributed by atoms with van der Waals surface area (Å²) in [6.07, 6.45) is 7.56. The number of guanidine groups is 1. The second-order valence-electron chi connectivity index (χ2n) is 5.93. The first kappa shape index (κ1) is 24.6. The van der Waals surface area contributed by atoms with E-state index in [0.29, 0.717) is 29.8 Å². The normalized spacial score (nSPS) is 10.8. The molecular weight excluding hydrogens is 445 g/mol. The van der Waals surface area contributed by atoms with Crippen molar-refractivity contribution in [1.82, 2.24) is 5.32 Å². The maximum absolute atomic E-state index is 5.93. The smallest absolute Gasteiger partial charge is 0.203 e. The molecular formula is C19H34IN3O3. The fraction of sp³-hybridized carbons (Fsp3) is 0.632. The summed E-state index contributed by atoms with van der Waals surface area (Å²) in [5, 5.41) is 3.16. The van der Waals surface area contributed by atoms with Crippen LogP contribution in [-0.2, 0) is 6.54 Å². The van der Waals surface area contributed by atoms with E-state index in [2.05, 4.69) is 17.2 Å². The third kappa shape index (κ3) is 8.82. The Balaban J connectivity index is 0.00000625. The van der Waals surface area contributed by atoms with E-state index in [-0.39, 0.29) is 24.0 Å². The first-order valence-electron chi connectivity index (χ1n) is 8.98. The van der Waals surface area contributed by atoms with Gasteiger partial charge in [0, 0.05) is 6.54 Å². The van der Waals surface area contributed by atoms with E-state index >= 15 is 0 Å². The molecule has 0 heterocycles. The highest BCUT2D eigenvalue weighted by molar-refractivity contribution is 14.0. The van der Waals surface area contributed by atoms with Crippen LogP contribution in [0.1, 0.15) is 51.0 Å². The number of nitrogens with one attached hydrogen (secondary N) is 1. The Labute approximate surface area is 174 Å². The Morgan fingerprint density at radius 3 is 2.08 bits per heavy atom. The molecule has 6 nitrogen and oxygen atoms in total. The zero-order chi connectivity index (χ0) is 18.5. The minimum Gasteiger partial charge on any atom is -0.493 e. The number of aliphatic imine (C=N–C) groups is 1. The van der Waals surface area contributed by atoms with Crippen LogP contribution >= 0.6 is 24.0 Å². The topological polar surface area (TPSA) is 78.1 Å². The lowest BCUT2D eigenvalue weighted by Crippen LogP contribution is -2.32. The first-order valence-corrected chi connectivity index (χ1v) is 8.98. The number of hydrogen-bond donors (Lipinski definition) is 2. The van der Waals surface area contributed by atoms with Crippen molar-refractivity contribution in [2.24, 2.45) is 10.7 Å². The van der Waals surface area contributed by atoms with Gasteiger partial charge in [0.15, 0.2) is 17.5 Å². The van der Waals surface area contributed by atoms with E-state index in [9.17, 15) is 0 Å². The van der Waals surface area contributed by atoms with Crippen LogP contribution in [-0.4, -0.2) is 33.8 Å². The van der Waals surface area contributed by atoms with Gasteiger partial charge in [0.2, 0.25) is 5.75 Å². The molecule has 0 amide bonds. The van der Waals surface area contributed by atoms with Crippen molar-refractivity contribution in [1.29, 1.82) is 0 Å². The molecule has 0 aromatic heterocycles. The van der Waals surface area contributed by atoms with Gasteiger partial charge in [0.1, 0.15) is 0 Å². The third-order valence-corrected chi connectivity index (χ3v) is 3.99. The number of ether oxygens (including phenoxy) is 3. The zero-order valence-corrected chi connectivity index (χ0v) is 18.8. The molecule has 1 rings (SSSR count). The lowest BCUT2D eigenvalue weighted by Gasteiger charge is -2.13. The van der Waals surface area contributed by atoms with Crippen LogP contribution in [0.25, 0.3) is 0 Å². The second kappa shape index (κ2) is 14.8. The van der Waals surface area contributed by atoms with E-state index < -0.39 is 0 Å². The molecule has 3 N–H and O–H groups in total. The fourth-order valence-corrected chi connectivity index (χ4v) is 2.58. The molecule has 0 bridgehead atoms. The van der Waals surface area contributed by atoms with Gasteiger partial charge in [-0.1, -0.05) is 39.0 Å². The monoisotopic (exact) mass is 479 g/mol.